The lowest BCUT2D eigenvalue weighted by Crippen LogP contribution is -2.16. The Morgan fingerprint density at radius 1 is 0.684 bits per heavy atom. The van der Waals surface area contributed by atoms with E-state index in [1.165, 1.54) is 0 Å². The van der Waals surface area contributed by atoms with Crippen molar-refractivity contribution in [1.82, 2.24) is 18.8 Å². The number of benzene rings is 2. The van der Waals surface area contributed by atoms with Gasteiger partial charge < -0.3 is 0 Å². The molecule has 0 saturated heterocycles. The first-order valence-corrected chi connectivity index (χ1v) is 14.3. The minimum absolute atomic E-state index is 0.114. The molecule has 0 aliphatic heterocycles. The van der Waals surface area contributed by atoms with Crippen LogP contribution in [-0.2, 0) is 0 Å². The summed E-state index contributed by atoms with van der Waals surface area (Å²) in [5.74, 6) is 0. The Morgan fingerprint density at radius 3 is 1.53 bits per heavy atom. The van der Waals surface area contributed by atoms with E-state index in [1.54, 1.807) is 43.6 Å². The second kappa shape index (κ2) is 7.69. The molecule has 0 spiro atoms. The minimum atomic E-state index is -0.114. The standard InChI is InChI=1S/C30H20N4O2S2/c1-3-5-7-15-13-21-27(37-15)31-25-17-9-10-18-24-20(12-11-19(23(17)24)29(35)33(21)25)30(36)34-22-14-16(8-6-4-2)38-28(22)32-26(18)34/h5-14H,3-4H2,1-2H3/b7-5+,8-6+. The van der Waals surface area contributed by atoms with Crippen molar-refractivity contribution >= 4 is 99.1 Å². The number of rotatable bonds is 4. The number of thiophene rings is 2. The van der Waals surface area contributed by atoms with Crippen LogP contribution in [0, 0.1) is 0 Å². The van der Waals surface area contributed by atoms with Gasteiger partial charge in [0.2, 0.25) is 0 Å². The summed E-state index contributed by atoms with van der Waals surface area (Å²) in [7, 11) is 0. The highest BCUT2D eigenvalue weighted by Crippen LogP contribution is 2.38. The number of imidazole rings is 2. The molecule has 0 amide bonds. The maximum atomic E-state index is 13.9. The van der Waals surface area contributed by atoms with E-state index in [0.717, 1.165) is 64.8 Å². The third kappa shape index (κ3) is 2.71. The van der Waals surface area contributed by atoms with Gasteiger partial charge in [-0.3, -0.25) is 18.4 Å². The zero-order chi connectivity index (χ0) is 25.7. The zero-order valence-electron chi connectivity index (χ0n) is 20.6. The van der Waals surface area contributed by atoms with E-state index in [-0.39, 0.29) is 11.1 Å². The molecule has 0 aliphatic carbocycles. The van der Waals surface area contributed by atoms with Crippen LogP contribution in [0.25, 0.3) is 76.5 Å². The minimum Gasteiger partial charge on any atom is -0.268 e. The van der Waals surface area contributed by atoms with Crippen molar-refractivity contribution in [2.45, 2.75) is 26.7 Å². The summed E-state index contributed by atoms with van der Waals surface area (Å²) in [6, 6.07) is 11.7. The largest absolute Gasteiger partial charge is 0.268 e. The summed E-state index contributed by atoms with van der Waals surface area (Å²) in [6.45, 7) is 4.19. The van der Waals surface area contributed by atoms with E-state index >= 15 is 0 Å². The van der Waals surface area contributed by atoms with Crippen molar-refractivity contribution in [3.8, 4) is 0 Å². The summed E-state index contributed by atoms with van der Waals surface area (Å²) in [5.41, 5.74) is 2.69. The topological polar surface area (TPSA) is 68.7 Å². The molecule has 0 unspecified atom stereocenters. The summed E-state index contributed by atoms with van der Waals surface area (Å²) >= 11 is 3.16. The van der Waals surface area contributed by atoms with E-state index < -0.39 is 0 Å². The van der Waals surface area contributed by atoms with Gasteiger partial charge in [0.1, 0.15) is 21.0 Å². The first-order chi connectivity index (χ1) is 18.6. The van der Waals surface area contributed by atoms with Gasteiger partial charge in [-0.2, -0.15) is 0 Å². The van der Waals surface area contributed by atoms with Crippen LogP contribution < -0.4 is 11.1 Å². The molecule has 38 heavy (non-hydrogen) atoms. The summed E-state index contributed by atoms with van der Waals surface area (Å²) in [6.07, 6.45) is 10.3. The maximum Gasteiger partial charge on any atom is 0.264 e. The Labute approximate surface area is 223 Å². The van der Waals surface area contributed by atoms with Crippen LogP contribution in [0.4, 0.5) is 0 Å². The highest BCUT2D eigenvalue weighted by Gasteiger charge is 2.23. The molecule has 8 rings (SSSR count). The Balaban J connectivity index is 1.50. The molecule has 184 valence electrons. The molecule has 6 heterocycles. The molecule has 0 bridgehead atoms. The zero-order valence-corrected chi connectivity index (χ0v) is 22.2. The fraction of sp³-hybridized carbons (Fsp3) is 0.133. The maximum absolute atomic E-state index is 13.9. The third-order valence-electron chi connectivity index (χ3n) is 7.29. The summed E-state index contributed by atoms with van der Waals surface area (Å²) in [5, 5.41) is 4.50. The Morgan fingerprint density at radius 2 is 1.11 bits per heavy atom. The van der Waals surface area contributed by atoms with Crippen molar-refractivity contribution in [3.63, 3.8) is 0 Å². The van der Waals surface area contributed by atoms with Crippen molar-refractivity contribution in [3.05, 3.63) is 79.0 Å². The smallest absolute Gasteiger partial charge is 0.264 e. The predicted molar refractivity (Wildman–Crippen MR) is 161 cm³/mol. The van der Waals surface area contributed by atoms with E-state index in [1.807, 2.05) is 24.3 Å². The van der Waals surface area contributed by atoms with Gasteiger partial charge in [0.25, 0.3) is 11.1 Å². The Bertz CT molecular complexity index is 2250. The fourth-order valence-electron chi connectivity index (χ4n) is 5.65. The first kappa shape index (κ1) is 21.9. The molecular formula is C30H20N4O2S2. The molecule has 6 aromatic heterocycles. The molecule has 0 aliphatic rings. The SMILES string of the molecule is CC/C=C/c1cc2c(nc3c4ccc5c6c(ccc(c(=O)n23)c46)c(=O)n2c3cc(/C=C/CC)sc3nc52)s1. The number of hydrogen-bond donors (Lipinski definition) is 0. The number of hydrogen-bond acceptors (Lipinski definition) is 6. The quantitative estimate of drug-likeness (QED) is 0.223. The van der Waals surface area contributed by atoms with Crippen LogP contribution in [0.2, 0.25) is 0 Å². The van der Waals surface area contributed by atoms with E-state index in [9.17, 15) is 9.59 Å². The molecule has 0 atom stereocenters. The van der Waals surface area contributed by atoms with Crippen LogP contribution in [0.3, 0.4) is 0 Å². The molecular weight excluding hydrogens is 512 g/mol. The molecule has 0 radical (unpaired) electrons. The second-order valence-electron chi connectivity index (χ2n) is 9.52. The van der Waals surface area contributed by atoms with Crippen molar-refractivity contribution in [2.24, 2.45) is 0 Å². The van der Waals surface area contributed by atoms with Crippen LogP contribution in [0.1, 0.15) is 36.4 Å². The van der Waals surface area contributed by atoms with Crippen LogP contribution in [0.5, 0.6) is 0 Å². The molecule has 8 heteroatoms. The van der Waals surface area contributed by atoms with Gasteiger partial charge in [0, 0.05) is 42.1 Å². The van der Waals surface area contributed by atoms with Gasteiger partial charge in [-0.05, 0) is 61.4 Å². The average Bonchev–Trinajstić information content (AvgIpc) is 3.66. The molecule has 6 nitrogen and oxygen atoms in total. The van der Waals surface area contributed by atoms with Crippen molar-refractivity contribution < 1.29 is 0 Å². The van der Waals surface area contributed by atoms with Gasteiger partial charge in [-0.15, -0.1) is 22.7 Å². The number of aromatic nitrogens is 4. The molecule has 0 saturated carbocycles. The van der Waals surface area contributed by atoms with E-state index in [2.05, 4.69) is 38.2 Å². The van der Waals surface area contributed by atoms with Gasteiger partial charge >= 0.3 is 0 Å². The number of pyridine rings is 2. The van der Waals surface area contributed by atoms with E-state index in [4.69, 9.17) is 9.97 Å². The normalized spacial score (nSPS) is 13.2. The average molecular weight is 533 g/mol. The van der Waals surface area contributed by atoms with Gasteiger partial charge in [-0.1, -0.05) is 26.0 Å². The van der Waals surface area contributed by atoms with Gasteiger partial charge in [0.15, 0.2) is 0 Å². The number of fused-ring (bicyclic) bond motifs is 8. The molecule has 0 fully saturated rings. The van der Waals surface area contributed by atoms with Gasteiger partial charge in [-0.25, -0.2) is 9.97 Å². The monoisotopic (exact) mass is 532 g/mol. The van der Waals surface area contributed by atoms with Crippen LogP contribution >= 0.6 is 22.7 Å². The lowest BCUT2D eigenvalue weighted by molar-refractivity contribution is 1.18. The van der Waals surface area contributed by atoms with E-state index in [0.29, 0.717) is 22.1 Å². The predicted octanol–water partition coefficient (Wildman–Crippen LogP) is 7.31. The van der Waals surface area contributed by atoms with Crippen LogP contribution in [-0.4, -0.2) is 18.8 Å². The Kier molecular flexibility index (Phi) is 4.43. The summed E-state index contributed by atoms with van der Waals surface area (Å²) in [4.78, 5) is 41.4. The number of allylic oxidation sites excluding steroid dienone is 2. The van der Waals surface area contributed by atoms with Gasteiger partial charge in [0.05, 0.1) is 11.0 Å². The lowest BCUT2D eigenvalue weighted by atomic mass is 9.96. The molecule has 2 aromatic carbocycles. The third-order valence-corrected chi connectivity index (χ3v) is 9.26. The molecule has 0 N–H and O–H groups in total. The lowest BCUT2D eigenvalue weighted by Gasteiger charge is -2.12. The first-order valence-electron chi connectivity index (χ1n) is 12.7. The second-order valence-corrected chi connectivity index (χ2v) is 11.6. The van der Waals surface area contributed by atoms with Crippen molar-refractivity contribution in [1.29, 1.82) is 0 Å². The highest BCUT2D eigenvalue weighted by molar-refractivity contribution is 7.19. The number of nitrogens with zero attached hydrogens (tertiary/aromatic N) is 4. The van der Waals surface area contributed by atoms with Crippen molar-refractivity contribution in [2.75, 3.05) is 0 Å². The summed E-state index contributed by atoms with van der Waals surface area (Å²) < 4.78 is 3.45. The Hall–Kier alpha value is -4.14. The highest BCUT2D eigenvalue weighted by atomic mass is 32.1. The molecule has 8 aromatic rings. The fourth-order valence-corrected chi connectivity index (χ4v) is 7.54. The van der Waals surface area contributed by atoms with Crippen LogP contribution in [0.15, 0.2) is 58.1 Å².